The number of nitrogens with one attached hydrogen (secondary N) is 1. The van der Waals surface area contributed by atoms with Gasteiger partial charge in [0.25, 0.3) is 0 Å². The molecule has 1 N–H and O–H groups in total. The number of carbonyl (C=O) groups excluding carboxylic acids is 1. The molecule has 3 nitrogen and oxygen atoms in total. The smallest absolute Gasteiger partial charge is 0.235 e. The van der Waals surface area contributed by atoms with Gasteiger partial charge in [0.2, 0.25) is 5.91 Å². The van der Waals surface area contributed by atoms with Crippen LogP contribution in [0.2, 0.25) is 0 Å². The molecule has 100 valence electrons. The van der Waals surface area contributed by atoms with Crippen molar-refractivity contribution in [3.05, 3.63) is 28.8 Å². The Kier molecular flexibility index (Phi) is 4.63. The van der Waals surface area contributed by atoms with Crippen LogP contribution in [-0.2, 0) is 10.3 Å². The highest BCUT2D eigenvalue weighted by Gasteiger charge is 2.26. The first kappa shape index (κ1) is 14.8. The lowest BCUT2D eigenvalue weighted by atomic mass is 9.90. The van der Waals surface area contributed by atoms with Gasteiger partial charge in [-0.15, -0.1) is 11.6 Å². The summed E-state index contributed by atoms with van der Waals surface area (Å²) < 4.78 is 5.40. The summed E-state index contributed by atoms with van der Waals surface area (Å²) in [5.74, 6) is 0.538. The number of ether oxygens (including phenoxy) is 1. The minimum Gasteiger partial charge on any atom is -0.496 e. The number of alkyl halides is 1. The van der Waals surface area contributed by atoms with E-state index in [1.165, 1.54) is 5.56 Å². The normalized spacial score (nSPS) is 11.2. The van der Waals surface area contributed by atoms with Gasteiger partial charge in [-0.1, -0.05) is 0 Å². The third kappa shape index (κ3) is 3.16. The lowest BCUT2D eigenvalue weighted by molar-refractivity contribution is -0.120. The largest absolute Gasteiger partial charge is 0.496 e. The average Bonchev–Trinajstić information content (AvgIpc) is 2.31. The molecule has 0 aliphatic rings. The van der Waals surface area contributed by atoms with E-state index in [4.69, 9.17) is 16.3 Å². The summed E-state index contributed by atoms with van der Waals surface area (Å²) in [6, 6.07) is 4.03. The molecule has 0 spiro atoms. The van der Waals surface area contributed by atoms with E-state index in [2.05, 4.69) is 5.32 Å². The van der Waals surface area contributed by atoms with Crippen molar-refractivity contribution in [2.75, 3.05) is 13.0 Å². The Morgan fingerprint density at radius 3 is 2.39 bits per heavy atom. The molecule has 0 fully saturated rings. The number of aryl methyl sites for hydroxylation is 2. The second kappa shape index (κ2) is 5.61. The van der Waals surface area contributed by atoms with Crippen molar-refractivity contribution in [1.82, 2.24) is 5.32 Å². The van der Waals surface area contributed by atoms with Gasteiger partial charge in [-0.2, -0.15) is 0 Å². The van der Waals surface area contributed by atoms with Crippen molar-refractivity contribution in [1.29, 1.82) is 0 Å². The van der Waals surface area contributed by atoms with E-state index in [-0.39, 0.29) is 11.8 Å². The summed E-state index contributed by atoms with van der Waals surface area (Å²) in [5, 5.41) is 2.89. The van der Waals surface area contributed by atoms with Crippen molar-refractivity contribution in [3.8, 4) is 5.75 Å². The summed E-state index contributed by atoms with van der Waals surface area (Å²) in [5.41, 5.74) is 2.76. The van der Waals surface area contributed by atoms with Crippen LogP contribution in [0, 0.1) is 13.8 Å². The van der Waals surface area contributed by atoms with Gasteiger partial charge >= 0.3 is 0 Å². The highest BCUT2D eigenvalue weighted by Crippen LogP contribution is 2.32. The van der Waals surface area contributed by atoms with E-state index >= 15 is 0 Å². The van der Waals surface area contributed by atoms with Crippen LogP contribution in [-0.4, -0.2) is 18.9 Å². The molecule has 1 aromatic carbocycles. The van der Waals surface area contributed by atoms with Crippen LogP contribution in [0.5, 0.6) is 5.75 Å². The van der Waals surface area contributed by atoms with Gasteiger partial charge in [-0.25, -0.2) is 0 Å². The van der Waals surface area contributed by atoms with E-state index < -0.39 is 5.54 Å². The van der Waals surface area contributed by atoms with Gasteiger partial charge < -0.3 is 10.1 Å². The van der Waals surface area contributed by atoms with Gasteiger partial charge in [0, 0.05) is 5.56 Å². The number of benzene rings is 1. The maximum absolute atomic E-state index is 11.5. The molecule has 0 heterocycles. The van der Waals surface area contributed by atoms with Crippen molar-refractivity contribution in [3.63, 3.8) is 0 Å². The maximum atomic E-state index is 11.5. The molecule has 1 rings (SSSR count). The number of hydrogen-bond donors (Lipinski definition) is 1. The number of methoxy groups -OCH3 is 1. The second-order valence-electron chi connectivity index (χ2n) is 4.94. The Morgan fingerprint density at radius 2 is 1.89 bits per heavy atom. The van der Waals surface area contributed by atoms with Crippen molar-refractivity contribution < 1.29 is 9.53 Å². The lowest BCUT2D eigenvalue weighted by Gasteiger charge is -2.29. The molecule has 0 aliphatic heterocycles. The molecule has 4 heteroatoms. The van der Waals surface area contributed by atoms with Gasteiger partial charge in [-0.3, -0.25) is 4.79 Å². The van der Waals surface area contributed by atoms with Crippen LogP contribution in [0.15, 0.2) is 12.1 Å². The first-order chi connectivity index (χ1) is 8.31. The van der Waals surface area contributed by atoms with Gasteiger partial charge in [-0.05, 0) is 51.0 Å². The SMILES string of the molecule is COc1cc(C)c(C)cc1C(C)(C)NC(=O)CCl. The molecule has 0 aliphatic carbocycles. The van der Waals surface area contributed by atoms with Crippen LogP contribution in [0.1, 0.15) is 30.5 Å². The summed E-state index contributed by atoms with van der Waals surface area (Å²) in [4.78, 5) is 11.5. The zero-order chi connectivity index (χ0) is 13.9. The molecule has 18 heavy (non-hydrogen) atoms. The quantitative estimate of drug-likeness (QED) is 0.854. The van der Waals surface area contributed by atoms with E-state index in [9.17, 15) is 4.79 Å². The minimum absolute atomic E-state index is 0.0451. The Hall–Kier alpha value is -1.22. The van der Waals surface area contributed by atoms with Gasteiger partial charge in [0.15, 0.2) is 0 Å². The van der Waals surface area contributed by atoms with Crippen molar-refractivity contribution in [2.45, 2.75) is 33.2 Å². The molecule has 0 saturated heterocycles. The third-order valence-electron chi connectivity index (χ3n) is 3.06. The molecular weight excluding hydrogens is 250 g/mol. The Labute approximate surface area is 113 Å². The Bertz CT molecular complexity index is 455. The van der Waals surface area contributed by atoms with Crippen LogP contribution in [0.25, 0.3) is 0 Å². The highest BCUT2D eigenvalue weighted by molar-refractivity contribution is 6.27. The summed E-state index contributed by atoms with van der Waals surface area (Å²) in [6.45, 7) is 7.94. The molecule has 0 aromatic heterocycles. The van der Waals surface area contributed by atoms with Crippen LogP contribution in [0.3, 0.4) is 0 Å². The maximum Gasteiger partial charge on any atom is 0.235 e. The predicted molar refractivity (Wildman–Crippen MR) is 74.4 cm³/mol. The lowest BCUT2D eigenvalue weighted by Crippen LogP contribution is -2.42. The summed E-state index contributed by atoms with van der Waals surface area (Å²) in [7, 11) is 1.63. The topological polar surface area (TPSA) is 38.3 Å². The fraction of sp³-hybridized carbons (Fsp3) is 0.500. The van der Waals surface area contributed by atoms with Gasteiger partial charge in [0.05, 0.1) is 12.6 Å². The fourth-order valence-electron chi connectivity index (χ4n) is 1.90. The van der Waals surface area contributed by atoms with E-state index in [1.54, 1.807) is 7.11 Å². The van der Waals surface area contributed by atoms with E-state index in [0.29, 0.717) is 0 Å². The summed E-state index contributed by atoms with van der Waals surface area (Å²) >= 11 is 5.53. The molecule has 0 atom stereocenters. The Morgan fingerprint density at radius 1 is 1.33 bits per heavy atom. The Balaban J connectivity index is 3.21. The summed E-state index contributed by atoms with van der Waals surface area (Å²) in [6.07, 6.45) is 0. The number of amides is 1. The zero-order valence-corrected chi connectivity index (χ0v) is 12.3. The van der Waals surface area contributed by atoms with E-state index in [0.717, 1.165) is 16.9 Å². The van der Waals surface area contributed by atoms with Crippen LogP contribution in [0.4, 0.5) is 0 Å². The second-order valence-corrected chi connectivity index (χ2v) is 5.21. The van der Waals surface area contributed by atoms with E-state index in [1.807, 2.05) is 39.8 Å². The van der Waals surface area contributed by atoms with Crippen molar-refractivity contribution >= 4 is 17.5 Å². The molecule has 0 unspecified atom stereocenters. The zero-order valence-electron chi connectivity index (χ0n) is 11.6. The number of halogens is 1. The molecule has 0 bridgehead atoms. The molecule has 1 amide bonds. The molecule has 1 aromatic rings. The van der Waals surface area contributed by atoms with Crippen LogP contribution >= 0.6 is 11.6 Å². The fourth-order valence-corrected chi connectivity index (χ4v) is 1.96. The van der Waals surface area contributed by atoms with Crippen LogP contribution < -0.4 is 10.1 Å². The highest BCUT2D eigenvalue weighted by atomic mass is 35.5. The third-order valence-corrected chi connectivity index (χ3v) is 3.31. The standard InChI is InChI=1S/C14H20ClNO2/c1-9-6-11(12(18-5)7-10(9)2)14(3,4)16-13(17)8-15/h6-7H,8H2,1-5H3,(H,16,17). The monoisotopic (exact) mass is 269 g/mol. The van der Waals surface area contributed by atoms with Gasteiger partial charge in [0.1, 0.15) is 11.6 Å². The minimum atomic E-state index is -0.518. The average molecular weight is 270 g/mol. The first-order valence-corrected chi connectivity index (χ1v) is 6.38. The number of hydrogen-bond acceptors (Lipinski definition) is 2. The molecule has 0 saturated carbocycles. The van der Waals surface area contributed by atoms with Crippen molar-refractivity contribution in [2.24, 2.45) is 0 Å². The molecule has 0 radical (unpaired) electrons. The molecular formula is C14H20ClNO2. The first-order valence-electron chi connectivity index (χ1n) is 5.84. The predicted octanol–water partition coefficient (Wildman–Crippen LogP) is 2.90. The number of rotatable bonds is 4. The number of carbonyl (C=O) groups is 1.